The first-order chi connectivity index (χ1) is 7.40. The molecule has 0 saturated heterocycles. The summed E-state index contributed by atoms with van der Waals surface area (Å²) in [5.74, 6) is 0. The summed E-state index contributed by atoms with van der Waals surface area (Å²) in [6.07, 6.45) is 7.60. The number of hydrogen-bond acceptors (Lipinski definition) is 1. The summed E-state index contributed by atoms with van der Waals surface area (Å²) in [5.41, 5.74) is 2.74. The molecule has 1 unspecified atom stereocenters. The summed E-state index contributed by atoms with van der Waals surface area (Å²) >= 11 is 0. The van der Waals surface area contributed by atoms with Crippen molar-refractivity contribution in [2.75, 3.05) is 7.11 Å². The lowest BCUT2D eigenvalue weighted by atomic mass is 9.90. The zero-order valence-corrected chi connectivity index (χ0v) is 9.28. The molecule has 0 N–H and O–H groups in total. The Balaban J connectivity index is 2.17. The highest BCUT2D eigenvalue weighted by molar-refractivity contribution is 5.53. The molecule has 0 heterocycles. The van der Waals surface area contributed by atoms with Gasteiger partial charge < -0.3 is 4.74 Å². The van der Waals surface area contributed by atoms with Crippen molar-refractivity contribution in [2.24, 2.45) is 0 Å². The second-order valence-corrected chi connectivity index (χ2v) is 4.10. The van der Waals surface area contributed by atoms with Crippen molar-refractivity contribution in [3.05, 3.63) is 41.5 Å². The first-order valence-corrected chi connectivity index (χ1v) is 5.68. The smallest absolute Gasteiger partial charge is 0.0784 e. The van der Waals surface area contributed by atoms with Crippen LogP contribution in [0.3, 0.4) is 0 Å². The maximum Gasteiger partial charge on any atom is 0.0784 e. The van der Waals surface area contributed by atoms with E-state index in [0.29, 0.717) is 6.10 Å². The molecule has 1 saturated carbocycles. The molecule has 1 fully saturated rings. The van der Waals surface area contributed by atoms with E-state index in [0.717, 1.165) is 0 Å². The summed E-state index contributed by atoms with van der Waals surface area (Å²) < 4.78 is 5.51. The van der Waals surface area contributed by atoms with Crippen LogP contribution < -0.4 is 0 Å². The van der Waals surface area contributed by atoms with Gasteiger partial charge in [0.15, 0.2) is 0 Å². The molecule has 1 nitrogen and oxygen atoms in total. The number of benzene rings is 1. The number of ether oxygens (including phenoxy) is 1. The molecule has 1 aliphatic rings. The van der Waals surface area contributed by atoms with Crippen molar-refractivity contribution in [1.82, 2.24) is 0 Å². The molecular weight excluding hydrogens is 184 g/mol. The van der Waals surface area contributed by atoms with Crippen molar-refractivity contribution >= 4 is 6.08 Å². The molecular formula is C14H18O. The second kappa shape index (κ2) is 5.13. The Morgan fingerprint density at radius 2 is 2.00 bits per heavy atom. The molecule has 2 rings (SSSR count). The maximum atomic E-state index is 5.51. The van der Waals surface area contributed by atoms with E-state index in [2.05, 4.69) is 36.4 Å². The lowest BCUT2D eigenvalue weighted by Gasteiger charge is -2.24. The van der Waals surface area contributed by atoms with Gasteiger partial charge in [0.25, 0.3) is 0 Å². The minimum Gasteiger partial charge on any atom is -0.377 e. The SMILES string of the molecule is COC1CCCC/C1=C\c1ccccc1. The van der Waals surface area contributed by atoms with E-state index in [9.17, 15) is 0 Å². The van der Waals surface area contributed by atoms with E-state index in [1.165, 1.54) is 36.8 Å². The predicted molar refractivity (Wildman–Crippen MR) is 63.7 cm³/mol. The van der Waals surface area contributed by atoms with Crippen molar-refractivity contribution in [3.63, 3.8) is 0 Å². The minimum atomic E-state index is 0.346. The first kappa shape index (κ1) is 10.4. The molecule has 0 bridgehead atoms. The lowest BCUT2D eigenvalue weighted by molar-refractivity contribution is 0.110. The second-order valence-electron chi connectivity index (χ2n) is 4.10. The molecule has 1 heteroatoms. The van der Waals surface area contributed by atoms with Crippen LogP contribution in [-0.4, -0.2) is 13.2 Å². The van der Waals surface area contributed by atoms with Crippen LogP contribution in [0.25, 0.3) is 6.08 Å². The Kier molecular flexibility index (Phi) is 3.57. The van der Waals surface area contributed by atoms with Crippen LogP contribution >= 0.6 is 0 Å². The Morgan fingerprint density at radius 3 is 2.73 bits per heavy atom. The van der Waals surface area contributed by atoms with Gasteiger partial charge in [-0.15, -0.1) is 0 Å². The Labute approximate surface area is 91.8 Å². The predicted octanol–water partition coefficient (Wildman–Crippen LogP) is 3.66. The van der Waals surface area contributed by atoms with Gasteiger partial charge in [0.05, 0.1) is 6.10 Å². The fraction of sp³-hybridized carbons (Fsp3) is 0.429. The van der Waals surface area contributed by atoms with Crippen LogP contribution in [0.15, 0.2) is 35.9 Å². The Morgan fingerprint density at radius 1 is 1.20 bits per heavy atom. The van der Waals surface area contributed by atoms with Gasteiger partial charge in [-0.3, -0.25) is 0 Å². The summed E-state index contributed by atoms with van der Waals surface area (Å²) in [6, 6.07) is 10.5. The van der Waals surface area contributed by atoms with E-state index in [1.807, 2.05) is 7.11 Å². The molecule has 15 heavy (non-hydrogen) atoms. The van der Waals surface area contributed by atoms with Crippen LogP contribution in [0.4, 0.5) is 0 Å². The molecule has 0 aromatic heterocycles. The Hall–Kier alpha value is -1.08. The topological polar surface area (TPSA) is 9.23 Å². The van der Waals surface area contributed by atoms with Crippen molar-refractivity contribution < 1.29 is 4.74 Å². The van der Waals surface area contributed by atoms with Crippen molar-refractivity contribution in [2.45, 2.75) is 31.8 Å². The molecule has 1 atom stereocenters. The third kappa shape index (κ3) is 2.69. The number of methoxy groups -OCH3 is 1. The number of hydrogen-bond donors (Lipinski definition) is 0. The fourth-order valence-electron chi connectivity index (χ4n) is 2.20. The fourth-order valence-corrected chi connectivity index (χ4v) is 2.20. The van der Waals surface area contributed by atoms with Gasteiger partial charge in [-0.05, 0) is 30.4 Å². The van der Waals surface area contributed by atoms with Crippen LogP contribution in [0.1, 0.15) is 31.2 Å². The van der Waals surface area contributed by atoms with E-state index in [-0.39, 0.29) is 0 Å². The van der Waals surface area contributed by atoms with Crippen LogP contribution in [-0.2, 0) is 4.74 Å². The molecule has 0 radical (unpaired) electrons. The standard InChI is InChI=1S/C14H18O/c1-15-14-10-6-5-9-13(14)11-12-7-3-2-4-8-12/h2-4,7-8,11,14H,5-6,9-10H2,1H3/b13-11+. The largest absolute Gasteiger partial charge is 0.377 e. The zero-order valence-electron chi connectivity index (χ0n) is 9.28. The van der Waals surface area contributed by atoms with Gasteiger partial charge in [0, 0.05) is 7.11 Å². The van der Waals surface area contributed by atoms with Gasteiger partial charge in [-0.1, -0.05) is 42.8 Å². The van der Waals surface area contributed by atoms with E-state index in [4.69, 9.17) is 4.74 Å². The van der Waals surface area contributed by atoms with E-state index < -0.39 is 0 Å². The molecule has 0 spiro atoms. The number of rotatable bonds is 2. The summed E-state index contributed by atoms with van der Waals surface area (Å²) in [5, 5.41) is 0. The van der Waals surface area contributed by atoms with Gasteiger partial charge >= 0.3 is 0 Å². The van der Waals surface area contributed by atoms with Crippen LogP contribution in [0.2, 0.25) is 0 Å². The Bertz CT molecular complexity index is 326. The van der Waals surface area contributed by atoms with Gasteiger partial charge in [0.2, 0.25) is 0 Å². The van der Waals surface area contributed by atoms with Crippen molar-refractivity contribution in [3.8, 4) is 0 Å². The molecule has 1 aromatic rings. The first-order valence-electron chi connectivity index (χ1n) is 5.68. The average Bonchev–Trinajstić information content (AvgIpc) is 2.31. The van der Waals surface area contributed by atoms with Crippen LogP contribution in [0.5, 0.6) is 0 Å². The molecule has 0 amide bonds. The third-order valence-electron chi connectivity index (χ3n) is 3.03. The van der Waals surface area contributed by atoms with Gasteiger partial charge in [-0.2, -0.15) is 0 Å². The third-order valence-corrected chi connectivity index (χ3v) is 3.03. The zero-order chi connectivity index (χ0) is 10.5. The molecule has 1 aliphatic carbocycles. The highest BCUT2D eigenvalue weighted by atomic mass is 16.5. The monoisotopic (exact) mass is 202 g/mol. The summed E-state index contributed by atoms with van der Waals surface area (Å²) in [6.45, 7) is 0. The maximum absolute atomic E-state index is 5.51. The van der Waals surface area contributed by atoms with Gasteiger partial charge in [-0.25, -0.2) is 0 Å². The van der Waals surface area contributed by atoms with E-state index >= 15 is 0 Å². The van der Waals surface area contributed by atoms with Crippen molar-refractivity contribution in [1.29, 1.82) is 0 Å². The molecule has 80 valence electrons. The van der Waals surface area contributed by atoms with Crippen LogP contribution in [0, 0.1) is 0 Å². The quantitative estimate of drug-likeness (QED) is 0.711. The normalized spacial score (nSPS) is 24.3. The summed E-state index contributed by atoms with van der Waals surface area (Å²) in [4.78, 5) is 0. The highest BCUT2D eigenvalue weighted by Gasteiger charge is 2.17. The highest BCUT2D eigenvalue weighted by Crippen LogP contribution is 2.27. The average molecular weight is 202 g/mol. The lowest BCUT2D eigenvalue weighted by Crippen LogP contribution is -2.17. The molecule has 1 aromatic carbocycles. The van der Waals surface area contributed by atoms with E-state index in [1.54, 1.807) is 0 Å². The van der Waals surface area contributed by atoms with Gasteiger partial charge in [0.1, 0.15) is 0 Å². The molecule has 0 aliphatic heterocycles. The minimum absolute atomic E-state index is 0.346. The summed E-state index contributed by atoms with van der Waals surface area (Å²) in [7, 11) is 1.81.